The molecule has 4 heteroatoms. The first-order chi connectivity index (χ1) is 10.8. The Kier molecular flexibility index (Phi) is 5.69. The minimum absolute atomic E-state index is 0.0649. The Morgan fingerprint density at radius 2 is 1.91 bits per heavy atom. The number of rotatable bonds is 4. The monoisotopic (exact) mass is 319 g/mol. The first kappa shape index (κ1) is 17.8. The van der Waals surface area contributed by atoms with Crippen molar-refractivity contribution < 1.29 is 14.3 Å². The summed E-state index contributed by atoms with van der Waals surface area (Å²) in [6, 6.07) is 10.3. The topological polar surface area (TPSA) is 38.8 Å². The van der Waals surface area contributed by atoms with Gasteiger partial charge in [-0.2, -0.15) is 0 Å². The molecule has 2 rings (SSSR count). The van der Waals surface area contributed by atoms with Crippen LogP contribution >= 0.6 is 0 Å². The highest BCUT2D eigenvalue weighted by atomic mass is 16.6. The number of hydrogen-bond donors (Lipinski definition) is 0. The Morgan fingerprint density at radius 3 is 2.48 bits per heavy atom. The van der Waals surface area contributed by atoms with Gasteiger partial charge in [0.05, 0.1) is 19.3 Å². The van der Waals surface area contributed by atoms with Crippen LogP contribution in [0, 0.1) is 5.92 Å². The van der Waals surface area contributed by atoms with Crippen molar-refractivity contribution in [1.82, 2.24) is 4.90 Å². The van der Waals surface area contributed by atoms with E-state index >= 15 is 0 Å². The third-order valence-corrected chi connectivity index (χ3v) is 4.03. The maximum Gasteiger partial charge on any atom is 0.410 e. The molecule has 1 aliphatic rings. The number of nitrogens with zero attached hydrogens (tertiary/aromatic N) is 1. The molecule has 4 nitrogen and oxygen atoms in total. The summed E-state index contributed by atoms with van der Waals surface area (Å²) in [6.07, 6.45) is 0.696. The van der Waals surface area contributed by atoms with Crippen molar-refractivity contribution >= 4 is 6.09 Å². The van der Waals surface area contributed by atoms with Crippen molar-refractivity contribution in [2.75, 3.05) is 6.54 Å². The molecule has 1 aliphatic heterocycles. The molecule has 0 aliphatic carbocycles. The molecule has 0 spiro atoms. The minimum atomic E-state index is -0.471. The van der Waals surface area contributed by atoms with E-state index in [4.69, 9.17) is 9.47 Å². The summed E-state index contributed by atoms with van der Waals surface area (Å²) in [7, 11) is 0. The second-order valence-corrected chi connectivity index (χ2v) is 7.60. The second kappa shape index (κ2) is 7.35. The van der Waals surface area contributed by atoms with E-state index in [1.54, 1.807) is 0 Å². The lowest BCUT2D eigenvalue weighted by Gasteiger charge is -2.30. The zero-order valence-electron chi connectivity index (χ0n) is 14.9. The number of carbonyl (C=O) groups excluding carboxylic acids is 1. The smallest absolute Gasteiger partial charge is 0.410 e. The van der Waals surface area contributed by atoms with Crippen LogP contribution in [0.3, 0.4) is 0 Å². The van der Waals surface area contributed by atoms with Crippen LogP contribution < -0.4 is 0 Å². The van der Waals surface area contributed by atoms with Gasteiger partial charge in [-0.3, -0.25) is 0 Å². The number of benzene rings is 1. The van der Waals surface area contributed by atoms with E-state index in [1.165, 1.54) is 0 Å². The molecule has 1 aromatic carbocycles. The molecule has 2 atom stereocenters. The van der Waals surface area contributed by atoms with Gasteiger partial charge in [0.15, 0.2) is 0 Å². The Balaban J connectivity index is 1.96. The second-order valence-electron chi connectivity index (χ2n) is 7.60. The van der Waals surface area contributed by atoms with Gasteiger partial charge in [-0.05, 0) is 38.7 Å². The normalized spacial score (nSPS) is 21.7. The summed E-state index contributed by atoms with van der Waals surface area (Å²) >= 11 is 0. The predicted octanol–water partition coefficient (Wildman–Crippen LogP) is 4.24. The van der Waals surface area contributed by atoms with Gasteiger partial charge in [0.25, 0.3) is 0 Å². The van der Waals surface area contributed by atoms with E-state index in [9.17, 15) is 4.79 Å². The number of likely N-dealkylation sites (tertiary alicyclic amines) is 1. The zero-order valence-corrected chi connectivity index (χ0v) is 14.9. The number of hydrogen-bond acceptors (Lipinski definition) is 3. The fraction of sp³-hybridized carbons (Fsp3) is 0.632. The van der Waals surface area contributed by atoms with Crippen LogP contribution in [0.2, 0.25) is 0 Å². The van der Waals surface area contributed by atoms with Gasteiger partial charge in [-0.1, -0.05) is 44.2 Å². The van der Waals surface area contributed by atoms with Crippen LogP contribution in [-0.2, 0) is 16.1 Å². The maximum atomic E-state index is 12.4. The Bertz CT molecular complexity index is 507. The molecule has 0 saturated carbocycles. The lowest BCUT2D eigenvalue weighted by molar-refractivity contribution is 0.0129. The van der Waals surface area contributed by atoms with Gasteiger partial charge in [-0.15, -0.1) is 0 Å². The number of carbonyl (C=O) groups is 1. The summed E-state index contributed by atoms with van der Waals surface area (Å²) in [5, 5.41) is 0. The summed E-state index contributed by atoms with van der Waals surface area (Å²) in [6.45, 7) is 11.2. The van der Waals surface area contributed by atoms with Crippen molar-refractivity contribution in [2.45, 2.75) is 65.4 Å². The molecule has 0 aromatic heterocycles. The van der Waals surface area contributed by atoms with Gasteiger partial charge < -0.3 is 14.4 Å². The molecule has 1 fully saturated rings. The van der Waals surface area contributed by atoms with E-state index < -0.39 is 5.60 Å². The highest BCUT2D eigenvalue weighted by Gasteiger charge is 2.39. The quantitative estimate of drug-likeness (QED) is 0.833. The number of ether oxygens (including phenoxy) is 2. The summed E-state index contributed by atoms with van der Waals surface area (Å²) in [5.41, 5.74) is 0.686. The Labute approximate surface area is 139 Å². The highest BCUT2D eigenvalue weighted by molar-refractivity contribution is 5.69. The first-order valence-corrected chi connectivity index (χ1v) is 8.41. The average Bonchev–Trinajstić information content (AvgIpc) is 2.89. The molecule has 0 radical (unpaired) electrons. The fourth-order valence-corrected chi connectivity index (χ4v) is 2.90. The van der Waals surface area contributed by atoms with Crippen molar-refractivity contribution in [3.05, 3.63) is 35.9 Å². The van der Waals surface area contributed by atoms with Gasteiger partial charge in [-0.25, -0.2) is 4.79 Å². The molecule has 1 aromatic rings. The van der Waals surface area contributed by atoms with E-state index in [2.05, 4.69) is 26.0 Å². The van der Waals surface area contributed by atoms with Crippen molar-refractivity contribution in [2.24, 2.45) is 5.92 Å². The summed E-state index contributed by atoms with van der Waals surface area (Å²) < 4.78 is 11.6. The standard InChI is InChI=1S/C19H29NO3/c1-14(2)17-11-16(22-13-15-9-7-6-8-10-15)12-20(17)18(21)23-19(3,4)5/h6-10,14,16-17H,11-13H2,1-5H3/t16-,17+/m1/s1. The first-order valence-electron chi connectivity index (χ1n) is 8.41. The van der Waals surface area contributed by atoms with E-state index in [1.807, 2.05) is 43.9 Å². The van der Waals surface area contributed by atoms with Gasteiger partial charge >= 0.3 is 6.09 Å². The highest BCUT2D eigenvalue weighted by Crippen LogP contribution is 2.28. The van der Waals surface area contributed by atoms with Crippen LogP contribution in [0.15, 0.2) is 30.3 Å². The molecule has 23 heavy (non-hydrogen) atoms. The molecule has 0 N–H and O–H groups in total. The van der Waals surface area contributed by atoms with Crippen LogP contribution in [0.4, 0.5) is 4.79 Å². The molecular weight excluding hydrogens is 290 g/mol. The van der Waals surface area contributed by atoms with Crippen LogP contribution in [0.5, 0.6) is 0 Å². The van der Waals surface area contributed by atoms with Crippen LogP contribution in [0.25, 0.3) is 0 Å². The molecule has 128 valence electrons. The molecule has 0 unspecified atom stereocenters. The molecule has 1 amide bonds. The van der Waals surface area contributed by atoms with E-state index in [0.29, 0.717) is 19.1 Å². The molecular formula is C19H29NO3. The minimum Gasteiger partial charge on any atom is -0.444 e. The molecule has 1 saturated heterocycles. The molecule has 1 heterocycles. The SMILES string of the molecule is CC(C)[C@@H]1C[C@@H](OCc2ccccc2)CN1C(=O)OC(C)(C)C. The Hall–Kier alpha value is -1.55. The van der Waals surface area contributed by atoms with E-state index in [-0.39, 0.29) is 18.2 Å². The lowest BCUT2D eigenvalue weighted by atomic mass is 10.0. The largest absolute Gasteiger partial charge is 0.444 e. The van der Waals surface area contributed by atoms with Gasteiger partial charge in [0, 0.05) is 6.04 Å². The molecule has 0 bridgehead atoms. The maximum absolute atomic E-state index is 12.4. The summed E-state index contributed by atoms with van der Waals surface area (Å²) in [4.78, 5) is 14.3. The van der Waals surface area contributed by atoms with Gasteiger partial charge in [0.1, 0.15) is 5.60 Å². The van der Waals surface area contributed by atoms with Crippen LogP contribution in [0.1, 0.15) is 46.6 Å². The number of amides is 1. The predicted molar refractivity (Wildman–Crippen MR) is 91.2 cm³/mol. The third-order valence-electron chi connectivity index (χ3n) is 4.03. The van der Waals surface area contributed by atoms with Crippen molar-refractivity contribution in [3.8, 4) is 0 Å². The average molecular weight is 319 g/mol. The zero-order chi connectivity index (χ0) is 17.0. The lowest BCUT2D eigenvalue weighted by Crippen LogP contribution is -2.42. The van der Waals surface area contributed by atoms with Gasteiger partial charge in [0.2, 0.25) is 0 Å². The van der Waals surface area contributed by atoms with Crippen LogP contribution in [-0.4, -0.2) is 35.3 Å². The fourth-order valence-electron chi connectivity index (χ4n) is 2.90. The Morgan fingerprint density at radius 1 is 1.26 bits per heavy atom. The van der Waals surface area contributed by atoms with Crippen molar-refractivity contribution in [1.29, 1.82) is 0 Å². The summed E-state index contributed by atoms with van der Waals surface area (Å²) in [5.74, 6) is 0.382. The van der Waals surface area contributed by atoms with E-state index in [0.717, 1.165) is 12.0 Å². The van der Waals surface area contributed by atoms with Crippen molar-refractivity contribution in [3.63, 3.8) is 0 Å². The third kappa shape index (κ3) is 5.24.